The van der Waals surface area contributed by atoms with Crippen LogP contribution in [0.25, 0.3) is 0 Å². The SMILES string of the molecule is CC(C)(C)NC(=O)[C@@H](Cc1ccccc1)N(Cc1ccc(Cl)cc1)C(=O)COc1ccc(F)cc1. The van der Waals surface area contributed by atoms with Crippen molar-refractivity contribution in [3.05, 3.63) is 101 Å². The molecule has 0 bridgehead atoms. The van der Waals surface area contributed by atoms with Gasteiger partial charge in [-0.15, -0.1) is 0 Å². The van der Waals surface area contributed by atoms with E-state index >= 15 is 0 Å². The Labute approximate surface area is 210 Å². The first-order valence-electron chi connectivity index (χ1n) is 11.4. The van der Waals surface area contributed by atoms with Crippen molar-refractivity contribution in [3.63, 3.8) is 0 Å². The Kier molecular flexibility index (Phi) is 8.88. The summed E-state index contributed by atoms with van der Waals surface area (Å²) in [4.78, 5) is 28.5. The summed E-state index contributed by atoms with van der Waals surface area (Å²) in [5.41, 5.74) is 1.27. The zero-order valence-electron chi connectivity index (χ0n) is 20.1. The van der Waals surface area contributed by atoms with Gasteiger partial charge in [-0.25, -0.2) is 4.39 Å². The van der Waals surface area contributed by atoms with Gasteiger partial charge in [0.15, 0.2) is 6.61 Å². The van der Waals surface area contributed by atoms with E-state index < -0.39 is 17.4 Å². The molecule has 1 atom stereocenters. The molecule has 0 radical (unpaired) electrons. The Morgan fingerprint density at radius 2 is 1.57 bits per heavy atom. The molecule has 0 aliphatic rings. The number of hydrogen-bond acceptors (Lipinski definition) is 3. The lowest BCUT2D eigenvalue weighted by Gasteiger charge is -2.33. The summed E-state index contributed by atoms with van der Waals surface area (Å²) in [6.07, 6.45) is 0.332. The van der Waals surface area contributed by atoms with Crippen molar-refractivity contribution in [1.82, 2.24) is 10.2 Å². The normalized spacial score (nSPS) is 12.0. The predicted molar refractivity (Wildman–Crippen MR) is 136 cm³/mol. The number of amides is 2. The van der Waals surface area contributed by atoms with E-state index in [1.54, 1.807) is 12.1 Å². The summed E-state index contributed by atoms with van der Waals surface area (Å²) in [7, 11) is 0. The van der Waals surface area contributed by atoms with Gasteiger partial charge in [0.1, 0.15) is 17.6 Å². The first-order valence-corrected chi connectivity index (χ1v) is 11.8. The van der Waals surface area contributed by atoms with E-state index in [1.807, 2.05) is 63.2 Å². The number of carbonyl (C=O) groups excluding carboxylic acids is 2. The molecule has 0 aromatic heterocycles. The molecule has 0 saturated carbocycles. The van der Waals surface area contributed by atoms with Crippen LogP contribution < -0.4 is 10.1 Å². The minimum atomic E-state index is -0.781. The molecule has 0 aliphatic heterocycles. The van der Waals surface area contributed by atoms with Crippen molar-refractivity contribution in [1.29, 1.82) is 0 Å². The average Bonchev–Trinajstić information content (AvgIpc) is 2.81. The number of benzene rings is 3. The molecule has 2 amide bonds. The van der Waals surface area contributed by atoms with Crippen LogP contribution in [-0.4, -0.2) is 34.9 Å². The van der Waals surface area contributed by atoms with Crippen molar-refractivity contribution in [2.75, 3.05) is 6.61 Å². The lowest BCUT2D eigenvalue weighted by molar-refractivity contribution is -0.143. The van der Waals surface area contributed by atoms with E-state index in [2.05, 4.69) is 5.32 Å². The topological polar surface area (TPSA) is 58.6 Å². The minimum absolute atomic E-state index is 0.192. The molecule has 0 unspecified atom stereocenters. The quantitative estimate of drug-likeness (QED) is 0.430. The molecule has 184 valence electrons. The minimum Gasteiger partial charge on any atom is -0.484 e. The molecule has 0 aliphatic carbocycles. The number of nitrogens with one attached hydrogen (secondary N) is 1. The summed E-state index contributed by atoms with van der Waals surface area (Å²) >= 11 is 6.04. The van der Waals surface area contributed by atoms with Crippen LogP contribution in [0.4, 0.5) is 4.39 Å². The van der Waals surface area contributed by atoms with E-state index in [9.17, 15) is 14.0 Å². The van der Waals surface area contributed by atoms with Crippen molar-refractivity contribution >= 4 is 23.4 Å². The monoisotopic (exact) mass is 496 g/mol. The second-order valence-electron chi connectivity index (χ2n) is 9.34. The van der Waals surface area contributed by atoms with Gasteiger partial charge in [0.05, 0.1) is 0 Å². The third kappa shape index (κ3) is 8.41. The summed E-state index contributed by atoms with van der Waals surface area (Å²) in [6, 6.07) is 21.4. The molecule has 7 heteroatoms. The molecule has 3 aromatic carbocycles. The summed E-state index contributed by atoms with van der Waals surface area (Å²) in [6.45, 7) is 5.58. The maximum Gasteiger partial charge on any atom is 0.261 e. The fourth-order valence-corrected chi connectivity index (χ4v) is 3.68. The van der Waals surface area contributed by atoms with Crippen LogP contribution in [0.1, 0.15) is 31.9 Å². The lowest BCUT2D eigenvalue weighted by atomic mass is 10.0. The van der Waals surface area contributed by atoms with Crippen LogP contribution in [0, 0.1) is 5.82 Å². The summed E-state index contributed by atoms with van der Waals surface area (Å²) in [5.74, 6) is -0.653. The Bertz CT molecular complexity index is 1110. The Morgan fingerprint density at radius 3 is 2.17 bits per heavy atom. The molecule has 0 saturated heterocycles. The van der Waals surface area contributed by atoms with Gasteiger partial charge in [-0.2, -0.15) is 0 Å². The molecule has 0 fully saturated rings. The summed E-state index contributed by atoms with van der Waals surface area (Å²) < 4.78 is 18.9. The second-order valence-corrected chi connectivity index (χ2v) is 9.77. The van der Waals surface area contributed by atoms with E-state index in [0.29, 0.717) is 17.2 Å². The van der Waals surface area contributed by atoms with E-state index in [1.165, 1.54) is 29.2 Å². The number of rotatable bonds is 9. The second kappa shape index (κ2) is 11.8. The molecule has 1 N–H and O–H groups in total. The maximum absolute atomic E-state index is 13.5. The Morgan fingerprint density at radius 1 is 0.943 bits per heavy atom. The van der Waals surface area contributed by atoms with Gasteiger partial charge < -0.3 is 15.0 Å². The van der Waals surface area contributed by atoms with Crippen molar-refractivity contribution in [2.45, 2.75) is 45.3 Å². The van der Waals surface area contributed by atoms with Crippen LogP contribution in [0.3, 0.4) is 0 Å². The van der Waals surface area contributed by atoms with E-state index in [-0.39, 0.29) is 25.0 Å². The lowest BCUT2D eigenvalue weighted by Crippen LogP contribution is -2.55. The number of halogens is 2. The molecular weight excluding hydrogens is 467 g/mol. The highest BCUT2D eigenvalue weighted by Crippen LogP contribution is 2.18. The standard InChI is InChI=1S/C28H30ClFN2O3/c1-28(2,3)31-27(34)25(17-20-7-5-4-6-8-20)32(18-21-9-11-22(29)12-10-21)26(33)19-35-24-15-13-23(30)14-16-24/h4-16,25H,17-19H2,1-3H3,(H,31,34)/t25-/m1/s1. The van der Waals surface area contributed by atoms with Crippen LogP contribution >= 0.6 is 11.6 Å². The molecule has 3 aromatic rings. The third-order valence-corrected chi connectivity index (χ3v) is 5.46. The molecule has 35 heavy (non-hydrogen) atoms. The van der Waals surface area contributed by atoms with Crippen molar-refractivity contribution in [2.24, 2.45) is 0 Å². The van der Waals surface area contributed by atoms with Crippen LogP contribution in [0.2, 0.25) is 5.02 Å². The number of hydrogen-bond donors (Lipinski definition) is 1. The highest BCUT2D eigenvalue weighted by atomic mass is 35.5. The molecule has 0 spiro atoms. The fraction of sp³-hybridized carbons (Fsp3) is 0.286. The number of carbonyl (C=O) groups is 2. The highest BCUT2D eigenvalue weighted by molar-refractivity contribution is 6.30. The van der Waals surface area contributed by atoms with Gasteiger partial charge in [0.25, 0.3) is 5.91 Å². The van der Waals surface area contributed by atoms with Crippen LogP contribution in [0.15, 0.2) is 78.9 Å². The predicted octanol–water partition coefficient (Wildman–Crippen LogP) is 5.41. The largest absolute Gasteiger partial charge is 0.484 e. The first kappa shape index (κ1) is 26.2. The van der Waals surface area contributed by atoms with Gasteiger partial charge in [-0.05, 0) is 68.3 Å². The van der Waals surface area contributed by atoms with Crippen molar-refractivity contribution < 1.29 is 18.7 Å². The Balaban J connectivity index is 1.91. The Hall–Kier alpha value is -3.38. The van der Waals surface area contributed by atoms with Gasteiger partial charge >= 0.3 is 0 Å². The maximum atomic E-state index is 13.5. The molecule has 5 nitrogen and oxygen atoms in total. The van der Waals surface area contributed by atoms with Crippen LogP contribution in [-0.2, 0) is 22.6 Å². The molecule has 0 heterocycles. The fourth-order valence-electron chi connectivity index (χ4n) is 3.55. The molecule has 3 rings (SSSR count). The highest BCUT2D eigenvalue weighted by Gasteiger charge is 2.32. The van der Waals surface area contributed by atoms with Gasteiger partial charge in [-0.3, -0.25) is 9.59 Å². The number of nitrogens with zero attached hydrogens (tertiary/aromatic N) is 1. The smallest absolute Gasteiger partial charge is 0.261 e. The van der Waals surface area contributed by atoms with E-state index in [0.717, 1.165) is 11.1 Å². The zero-order chi connectivity index (χ0) is 25.4. The van der Waals surface area contributed by atoms with Crippen LogP contribution in [0.5, 0.6) is 5.75 Å². The number of ether oxygens (including phenoxy) is 1. The van der Waals surface area contributed by atoms with Gasteiger partial charge in [0.2, 0.25) is 5.91 Å². The average molecular weight is 497 g/mol. The van der Waals surface area contributed by atoms with Crippen molar-refractivity contribution in [3.8, 4) is 5.75 Å². The summed E-state index contributed by atoms with van der Waals surface area (Å²) in [5, 5.41) is 3.59. The molecular formula is C28H30ClFN2O3. The van der Waals surface area contributed by atoms with Gasteiger partial charge in [0, 0.05) is 23.5 Å². The van der Waals surface area contributed by atoms with Gasteiger partial charge in [-0.1, -0.05) is 54.1 Å². The van der Waals surface area contributed by atoms with E-state index in [4.69, 9.17) is 16.3 Å². The first-order chi connectivity index (χ1) is 16.6. The zero-order valence-corrected chi connectivity index (χ0v) is 20.9. The third-order valence-electron chi connectivity index (χ3n) is 5.21.